The quantitative estimate of drug-likeness (QED) is 0.0604. The van der Waals surface area contributed by atoms with Gasteiger partial charge in [-0.05, 0) is 67.3 Å². The van der Waals surface area contributed by atoms with Crippen molar-refractivity contribution in [1.29, 1.82) is 0 Å². The highest BCUT2D eigenvalue weighted by Crippen LogP contribution is 2.37. The fraction of sp³-hybridized carbons (Fsp3) is 0.385. The molecule has 0 fully saturated rings. The fourth-order valence-electron chi connectivity index (χ4n) is 3.59. The lowest BCUT2D eigenvalue weighted by molar-refractivity contribution is -0.115. The Morgan fingerprint density at radius 3 is 1.40 bits per heavy atom. The van der Waals surface area contributed by atoms with Gasteiger partial charge in [0.25, 0.3) is 11.8 Å². The third-order valence-corrected chi connectivity index (χ3v) is 9.11. The Bertz CT molecular complexity index is 1200. The number of hydrogen-bond donors (Lipinski definition) is 4. The number of rotatable bonds is 17. The molecule has 0 aliphatic heterocycles. The fourth-order valence-corrected chi connectivity index (χ4v) is 6.71. The van der Waals surface area contributed by atoms with E-state index >= 15 is 0 Å². The largest absolute Gasteiger partial charge is 0.493 e. The molecule has 0 radical (unpaired) electrons. The predicted octanol–water partition coefficient (Wildman–Crippen LogP) is 4.31. The molecule has 0 saturated carbocycles. The van der Waals surface area contributed by atoms with Crippen LogP contribution in [0.15, 0.2) is 43.5 Å². The molecule has 0 aliphatic carbocycles. The van der Waals surface area contributed by atoms with E-state index in [9.17, 15) is 20.0 Å². The highest BCUT2D eigenvalue weighted by atomic mass is 79.9. The number of methoxy groups -OCH3 is 4. The number of benzene rings is 2. The van der Waals surface area contributed by atoms with Crippen LogP contribution in [0.25, 0.3) is 0 Å². The van der Waals surface area contributed by atoms with Crippen molar-refractivity contribution in [1.82, 2.24) is 10.6 Å². The maximum absolute atomic E-state index is 12.5. The number of nitrogens with zero attached hydrogens (tertiary/aromatic N) is 2. The van der Waals surface area contributed by atoms with Crippen LogP contribution in [-0.2, 0) is 22.4 Å². The van der Waals surface area contributed by atoms with Gasteiger partial charge in [0.2, 0.25) is 0 Å². The second kappa shape index (κ2) is 18.7. The minimum atomic E-state index is -0.487. The van der Waals surface area contributed by atoms with E-state index in [0.29, 0.717) is 67.7 Å². The summed E-state index contributed by atoms with van der Waals surface area (Å²) in [5.74, 6) is 2.20. The molecule has 2 aromatic carbocycles. The van der Waals surface area contributed by atoms with Gasteiger partial charge in [-0.25, -0.2) is 0 Å². The van der Waals surface area contributed by atoms with E-state index in [1.165, 1.54) is 50.0 Å². The summed E-state index contributed by atoms with van der Waals surface area (Å²) < 4.78 is 22.5. The van der Waals surface area contributed by atoms with Crippen LogP contribution in [0.3, 0.4) is 0 Å². The molecule has 0 atom stereocenters. The van der Waals surface area contributed by atoms with Gasteiger partial charge >= 0.3 is 0 Å². The molecule has 42 heavy (non-hydrogen) atoms. The van der Waals surface area contributed by atoms with Gasteiger partial charge in [0.15, 0.2) is 23.0 Å². The van der Waals surface area contributed by atoms with Crippen LogP contribution < -0.4 is 29.6 Å². The van der Waals surface area contributed by atoms with Crippen LogP contribution in [0, 0.1) is 0 Å². The number of ether oxygens (including phenoxy) is 4. The number of carbonyl (C=O) groups is 2. The molecule has 0 aliphatic rings. The van der Waals surface area contributed by atoms with Crippen LogP contribution in [0.1, 0.15) is 11.1 Å². The zero-order valence-electron chi connectivity index (χ0n) is 23.4. The zero-order chi connectivity index (χ0) is 31.1. The van der Waals surface area contributed by atoms with E-state index in [1.54, 1.807) is 24.3 Å². The first kappa shape index (κ1) is 35.4. The summed E-state index contributed by atoms with van der Waals surface area (Å²) >= 11 is 6.81. The minimum absolute atomic E-state index is 0.0451. The summed E-state index contributed by atoms with van der Waals surface area (Å²) in [5, 5.41) is 30.5. The molecule has 0 unspecified atom stereocenters. The monoisotopic (exact) mass is 750 g/mol. The molecule has 0 saturated heterocycles. The number of nitrogens with one attached hydrogen (secondary N) is 2. The number of halogens is 2. The first-order chi connectivity index (χ1) is 20.2. The lowest BCUT2D eigenvalue weighted by Gasteiger charge is -2.12. The molecule has 4 N–H and O–H groups in total. The van der Waals surface area contributed by atoms with E-state index in [0.717, 1.165) is 0 Å². The van der Waals surface area contributed by atoms with Gasteiger partial charge in [-0.3, -0.25) is 9.59 Å². The summed E-state index contributed by atoms with van der Waals surface area (Å²) in [5.41, 5.74) is 1.30. The van der Waals surface area contributed by atoms with E-state index < -0.39 is 11.8 Å². The van der Waals surface area contributed by atoms with Crippen molar-refractivity contribution in [3.63, 3.8) is 0 Å². The lowest BCUT2D eigenvalue weighted by Crippen LogP contribution is -2.34. The van der Waals surface area contributed by atoms with Gasteiger partial charge in [-0.2, -0.15) is 0 Å². The average molecular weight is 753 g/mol. The van der Waals surface area contributed by atoms with E-state index in [4.69, 9.17) is 18.9 Å². The molecule has 0 aromatic heterocycles. The van der Waals surface area contributed by atoms with Gasteiger partial charge in [0.1, 0.15) is 11.4 Å². The van der Waals surface area contributed by atoms with Crippen molar-refractivity contribution in [2.45, 2.75) is 12.8 Å². The third-order valence-electron chi connectivity index (χ3n) is 5.52. The number of carbonyl (C=O) groups excluding carboxylic acids is 2. The van der Waals surface area contributed by atoms with E-state index in [-0.39, 0.29) is 24.3 Å². The van der Waals surface area contributed by atoms with Gasteiger partial charge < -0.3 is 40.0 Å². The Kier molecular flexibility index (Phi) is 15.7. The predicted molar refractivity (Wildman–Crippen MR) is 171 cm³/mol. The van der Waals surface area contributed by atoms with Gasteiger partial charge in [-0.1, -0.05) is 31.9 Å². The Labute approximate surface area is 268 Å². The lowest BCUT2D eigenvalue weighted by atomic mass is 10.1. The van der Waals surface area contributed by atoms with Crippen LogP contribution in [0.5, 0.6) is 23.0 Å². The normalized spacial score (nSPS) is 11.6. The number of hydrogen-bond acceptors (Lipinski definition) is 12. The molecular formula is C26H32Br2N4O8S2. The molecule has 16 heteroatoms. The summed E-state index contributed by atoms with van der Waals surface area (Å²) in [6.45, 7) is 0.694. The van der Waals surface area contributed by atoms with Crippen LogP contribution in [0.2, 0.25) is 0 Å². The van der Waals surface area contributed by atoms with Crippen molar-refractivity contribution >= 4 is 76.7 Å². The van der Waals surface area contributed by atoms with Crippen LogP contribution in [0.4, 0.5) is 0 Å². The molecule has 0 heterocycles. The summed E-state index contributed by atoms with van der Waals surface area (Å²) in [6.07, 6.45) is 0.177. The van der Waals surface area contributed by atoms with Crippen molar-refractivity contribution in [3.05, 3.63) is 44.3 Å². The third kappa shape index (κ3) is 10.5. The standard InChI is InChI=1S/C26H32Br2N4O8S2/c1-37-21-13-15(9-17(27)23(21)39-3)11-19(31-35)25(33)29-5-7-41-42-8-6-30-26(34)20(32-36)12-16-10-18(28)24(40-4)22(14-16)38-2/h9-10,13-14,35-36H,5-8,11-12H2,1-4H3,(H,29,33)(H,30,34)/b31-19+,32-20+. The molecule has 2 aromatic rings. The topological polar surface area (TPSA) is 160 Å². The highest BCUT2D eigenvalue weighted by molar-refractivity contribution is 9.11. The maximum atomic E-state index is 12.5. The Hall–Kier alpha value is -2.82. The summed E-state index contributed by atoms with van der Waals surface area (Å²) in [4.78, 5) is 25.0. The summed E-state index contributed by atoms with van der Waals surface area (Å²) in [7, 11) is 9.07. The SMILES string of the molecule is COc1cc(C/C(=N\O)C(=O)NCCSSCCNC(=O)/C(Cc2cc(Br)c(OC)c(OC)c2)=N/O)cc(Br)c1OC. The molecular weight excluding hydrogens is 720 g/mol. The Balaban J connectivity index is 1.71. The van der Waals surface area contributed by atoms with Crippen molar-refractivity contribution in [2.75, 3.05) is 53.0 Å². The molecule has 2 amide bonds. The number of amides is 2. The summed E-state index contributed by atoms with van der Waals surface area (Å²) in [6, 6.07) is 6.93. The van der Waals surface area contributed by atoms with Crippen molar-refractivity contribution in [2.24, 2.45) is 10.3 Å². The molecule has 0 spiro atoms. The Morgan fingerprint density at radius 1 is 0.714 bits per heavy atom. The molecule has 2 rings (SSSR count). The van der Waals surface area contributed by atoms with E-state index in [2.05, 4.69) is 52.8 Å². The first-order valence-electron chi connectivity index (χ1n) is 12.3. The second-order valence-electron chi connectivity index (χ2n) is 8.23. The van der Waals surface area contributed by atoms with E-state index in [1.807, 2.05) is 0 Å². The molecule has 230 valence electrons. The average Bonchev–Trinajstić information content (AvgIpc) is 2.98. The zero-order valence-corrected chi connectivity index (χ0v) is 28.2. The molecule has 0 bridgehead atoms. The van der Waals surface area contributed by atoms with Gasteiger partial charge in [0, 0.05) is 37.4 Å². The first-order valence-corrected chi connectivity index (χ1v) is 16.3. The second-order valence-corrected chi connectivity index (χ2v) is 12.6. The van der Waals surface area contributed by atoms with Gasteiger partial charge in [0.05, 0.1) is 37.4 Å². The number of oxime groups is 2. The smallest absolute Gasteiger partial charge is 0.269 e. The minimum Gasteiger partial charge on any atom is -0.493 e. The van der Waals surface area contributed by atoms with Gasteiger partial charge in [-0.15, -0.1) is 0 Å². The van der Waals surface area contributed by atoms with Crippen LogP contribution >= 0.6 is 53.4 Å². The van der Waals surface area contributed by atoms with Crippen molar-refractivity contribution in [3.8, 4) is 23.0 Å². The highest BCUT2D eigenvalue weighted by Gasteiger charge is 2.18. The van der Waals surface area contributed by atoms with Crippen LogP contribution in [-0.4, -0.2) is 86.7 Å². The van der Waals surface area contributed by atoms with Crippen molar-refractivity contribution < 1.29 is 39.0 Å². The maximum Gasteiger partial charge on any atom is 0.269 e. The Morgan fingerprint density at radius 2 is 1.10 bits per heavy atom. The molecule has 12 nitrogen and oxygen atoms in total.